The molecule has 3 unspecified atom stereocenters. The van der Waals surface area contributed by atoms with Crippen LogP contribution in [-0.4, -0.2) is 153 Å². The number of fused-ring (bicyclic) bond motifs is 5. The predicted octanol–water partition coefficient (Wildman–Crippen LogP) is 3.42. The maximum absolute atomic E-state index is 15.5. The van der Waals surface area contributed by atoms with E-state index in [9.17, 15) is 19.8 Å². The first kappa shape index (κ1) is 43.6. The molecule has 12 nitrogen and oxygen atoms in total. The molecule has 62 heavy (non-hydrogen) atoms. The molecule has 6 heterocycles. The second-order valence-corrected chi connectivity index (χ2v) is 20.1. The Labute approximate surface area is 370 Å². The van der Waals surface area contributed by atoms with Crippen LogP contribution in [-0.2, 0) is 33.3 Å². The number of likely N-dealkylation sites (tertiary alicyclic amines) is 1. The molecule has 2 saturated heterocycles. The number of ether oxygens (including phenoxy) is 4. The maximum atomic E-state index is 15.5. The van der Waals surface area contributed by atoms with Crippen LogP contribution in [0.4, 0.5) is 0 Å². The van der Waals surface area contributed by atoms with E-state index in [2.05, 4.69) is 65.3 Å². The molecule has 0 radical (unpaired) electrons. The first-order valence-corrected chi connectivity index (χ1v) is 23.5. The number of carbonyl (C=O) groups is 3. The van der Waals surface area contributed by atoms with Crippen molar-refractivity contribution in [1.82, 2.24) is 14.7 Å². The molecule has 6 aliphatic heterocycles. The van der Waals surface area contributed by atoms with Gasteiger partial charge in [-0.25, -0.2) is 4.79 Å². The van der Waals surface area contributed by atoms with Gasteiger partial charge in [0.2, 0.25) is 5.60 Å². The highest BCUT2D eigenvalue weighted by Crippen LogP contribution is 2.70. The Morgan fingerprint density at radius 1 is 1.03 bits per heavy atom. The Morgan fingerprint density at radius 2 is 1.82 bits per heavy atom. The molecule has 1 saturated carbocycles. The highest BCUT2D eigenvalue weighted by Gasteiger charge is 2.81. The minimum Gasteiger partial charge on any atom is -0.468 e. The van der Waals surface area contributed by atoms with E-state index in [1.165, 1.54) is 43.3 Å². The number of carbonyl (C=O) groups excluding carboxylic acids is 3. The molecule has 2 aliphatic carbocycles. The zero-order valence-electron chi connectivity index (χ0n) is 37.3. The number of hydrogen-bond acceptors (Lipinski definition) is 13. The van der Waals surface area contributed by atoms with Crippen LogP contribution >= 0.6 is 11.8 Å². The second-order valence-electron chi connectivity index (χ2n) is 18.9. The zero-order valence-corrected chi connectivity index (χ0v) is 38.1. The second kappa shape index (κ2) is 16.1. The van der Waals surface area contributed by atoms with Gasteiger partial charge in [0, 0.05) is 93.0 Å². The van der Waals surface area contributed by atoms with Crippen LogP contribution in [0.3, 0.4) is 0 Å². The van der Waals surface area contributed by atoms with Gasteiger partial charge in [-0.1, -0.05) is 60.7 Å². The molecule has 1 aromatic rings. The number of aliphatic hydroxyl groups excluding tert-OH is 1. The van der Waals surface area contributed by atoms with E-state index in [0.29, 0.717) is 52.6 Å². The number of rotatable bonds is 11. The smallest absolute Gasteiger partial charge is 0.344 e. The van der Waals surface area contributed by atoms with E-state index in [1.54, 1.807) is 18.9 Å². The number of methoxy groups -OCH3 is 3. The van der Waals surface area contributed by atoms with Crippen LogP contribution in [0.15, 0.2) is 75.8 Å². The van der Waals surface area contributed by atoms with Gasteiger partial charge in [-0.05, 0) is 79.5 Å². The zero-order chi connectivity index (χ0) is 43.9. The quantitative estimate of drug-likeness (QED) is 0.0841. The summed E-state index contributed by atoms with van der Waals surface area (Å²) < 4.78 is 24.3. The van der Waals surface area contributed by atoms with Crippen LogP contribution < -0.4 is 5.46 Å². The van der Waals surface area contributed by atoms with Gasteiger partial charge >= 0.3 is 17.9 Å². The molecule has 332 valence electrons. The standard InChI is InChI=1S/C48H62BN3O9S/c1-8-29-20-30-24-47(43(55)59-6,39-33(27-51(25-29)26-30)32-21-31(62-19-11-18-53)12-13-36(32)49-39)35-22-34-37(23-38(35)58-5)50(4)41-46(34)15-17-52-16-10-14-45(9-2,40(46)52)42(61-28(3)54)48(41,57)44(56)60-7/h10,12-14,20-23,30,35,38,40-42,49,53,57H,8-9,11,15-19,24-27H2,1-7H3/t30-,35?,38?,40+,41-,42-,45-,46-,47+,48+/m1/s1. The predicted molar refractivity (Wildman–Crippen MR) is 239 cm³/mol. The molecule has 14 heteroatoms. The third kappa shape index (κ3) is 6.02. The van der Waals surface area contributed by atoms with Crippen molar-refractivity contribution in [2.24, 2.45) is 28.1 Å². The first-order valence-electron chi connectivity index (χ1n) is 22.5. The van der Waals surface area contributed by atoms with Crippen LogP contribution in [0.25, 0.3) is 5.57 Å². The van der Waals surface area contributed by atoms with Gasteiger partial charge in [-0.2, -0.15) is 0 Å². The summed E-state index contributed by atoms with van der Waals surface area (Å²) in [5.41, 5.74) is 2.56. The third-order valence-electron chi connectivity index (χ3n) is 16.2. The lowest BCUT2D eigenvalue weighted by Crippen LogP contribution is -2.79. The van der Waals surface area contributed by atoms with Crippen molar-refractivity contribution in [2.75, 3.05) is 73.5 Å². The molecule has 2 bridgehead atoms. The minimum atomic E-state index is -2.26. The Bertz CT molecular complexity index is 2210. The van der Waals surface area contributed by atoms with Crippen LogP contribution in [0, 0.1) is 28.1 Å². The van der Waals surface area contributed by atoms with Gasteiger partial charge in [-0.15, -0.1) is 11.8 Å². The summed E-state index contributed by atoms with van der Waals surface area (Å²) in [6.07, 6.45) is 12.4. The lowest BCUT2D eigenvalue weighted by atomic mass is 9.46. The highest BCUT2D eigenvalue weighted by atomic mass is 32.2. The molecular formula is C48H62BN3O9S. The molecule has 0 aromatic heterocycles. The number of thioether (sulfide) groups is 1. The topological polar surface area (TPSA) is 138 Å². The van der Waals surface area contributed by atoms with Gasteiger partial charge in [0.15, 0.2) is 13.4 Å². The molecule has 0 amide bonds. The van der Waals surface area contributed by atoms with E-state index >= 15 is 4.79 Å². The Kier molecular flexibility index (Phi) is 11.3. The largest absolute Gasteiger partial charge is 0.468 e. The number of hydrogen-bond donors (Lipinski definition) is 2. The fourth-order valence-corrected chi connectivity index (χ4v) is 14.9. The van der Waals surface area contributed by atoms with Gasteiger partial charge in [-0.3, -0.25) is 19.4 Å². The number of nitrogens with zero attached hydrogens (tertiary/aromatic N) is 3. The SMILES string of the molecule is CCC1=C[C@H]2CN(C1)CC1=C(Bc3ccc(SCCCO)cc31)[C@@](C(=O)OC)(C1C=C3C(=CC1OC)N(C)[C@H]1[C@@](O)(C(=O)OC)[C@H](OC(C)=O)[C@]4(CC)C=CCN5CC[C@]31[C@@H]54)C2. The van der Waals surface area contributed by atoms with E-state index < -0.39 is 58.0 Å². The van der Waals surface area contributed by atoms with Crippen molar-refractivity contribution in [1.29, 1.82) is 0 Å². The molecule has 2 N–H and O–H groups in total. The summed E-state index contributed by atoms with van der Waals surface area (Å²) in [6, 6.07) is 5.53. The third-order valence-corrected chi connectivity index (χ3v) is 17.2. The summed E-state index contributed by atoms with van der Waals surface area (Å²) in [4.78, 5) is 51.1. The van der Waals surface area contributed by atoms with Crippen LogP contribution in [0.1, 0.15) is 58.4 Å². The van der Waals surface area contributed by atoms with Gasteiger partial charge in [0.25, 0.3) is 0 Å². The number of allylic oxidation sites excluding steroid dienone is 1. The molecule has 3 fully saturated rings. The Hall–Kier alpha value is -3.66. The lowest BCUT2D eigenvalue weighted by molar-refractivity contribution is -0.243. The van der Waals surface area contributed by atoms with Gasteiger partial charge < -0.3 is 34.1 Å². The summed E-state index contributed by atoms with van der Waals surface area (Å²) in [6.45, 7) is 9.48. The molecule has 8 aliphatic rings. The maximum Gasteiger partial charge on any atom is 0.344 e. The molecule has 1 aromatic carbocycles. The summed E-state index contributed by atoms with van der Waals surface area (Å²) in [5, 5.41) is 22.9. The Balaban J connectivity index is 1.30. The van der Waals surface area contributed by atoms with E-state index in [-0.39, 0.29) is 24.5 Å². The summed E-state index contributed by atoms with van der Waals surface area (Å²) in [7, 11) is 6.98. The molecule has 11 atom stereocenters. The Morgan fingerprint density at radius 3 is 2.52 bits per heavy atom. The fraction of sp³-hybridized carbons (Fsp3) is 0.604. The van der Waals surface area contributed by atoms with Crippen molar-refractivity contribution in [3.63, 3.8) is 0 Å². The minimum absolute atomic E-state index is 0.0698. The average molecular weight is 868 g/mol. The molecule has 1 spiro atoms. The molecular weight excluding hydrogens is 805 g/mol. The molecule has 9 rings (SSSR count). The number of esters is 3. The number of aliphatic hydroxyl groups is 2. The van der Waals surface area contributed by atoms with Crippen molar-refractivity contribution in [3.05, 3.63) is 76.5 Å². The van der Waals surface area contributed by atoms with Gasteiger partial charge in [0.05, 0.1) is 31.8 Å². The fourth-order valence-electron chi connectivity index (χ4n) is 14.0. The summed E-state index contributed by atoms with van der Waals surface area (Å²) >= 11 is 1.74. The summed E-state index contributed by atoms with van der Waals surface area (Å²) in [5.74, 6) is -1.36. The lowest BCUT2D eigenvalue weighted by Gasteiger charge is -2.63. The van der Waals surface area contributed by atoms with Crippen molar-refractivity contribution >= 4 is 48.0 Å². The van der Waals surface area contributed by atoms with Crippen molar-refractivity contribution in [3.8, 4) is 0 Å². The first-order chi connectivity index (χ1) is 29.8. The van der Waals surface area contributed by atoms with Crippen LogP contribution in [0.5, 0.6) is 0 Å². The van der Waals surface area contributed by atoms with E-state index in [4.69, 9.17) is 18.9 Å². The normalized spacial score (nSPS) is 37.6. The van der Waals surface area contributed by atoms with E-state index in [0.717, 1.165) is 46.9 Å². The van der Waals surface area contributed by atoms with Crippen LogP contribution in [0.2, 0.25) is 0 Å². The number of likely N-dealkylation sites (N-methyl/N-ethyl adjacent to an activating group) is 1. The van der Waals surface area contributed by atoms with Crippen molar-refractivity contribution < 1.29 is 43.5 Å². The highest BCUT2D eigenvalue weighted by molar-refractivity contribution is 7.99. The van der Waals surface area contributed by atoms with Gasteiger partial charge in [0.1, 0.15) is 0 Å². The number of benzene rings is 1. The average Bonchev–Trinajstić information content (AvgIpc) is 3.92. The monoisotopic (exact) mass is 867 g/mol. The van der Waals surface area contributed by atoms with E-state index in [1.807, 2.05) is 18.9 Å². The van der Waals surface area contributed by atoms with Crippen molar-refractivity contribution in [2.45, 2.75) is 87.7 Å².